The molecule has 4 aromatic rings. The number of hydrogen-bond acceptors (Lipinski definition) is 4. The van der Waals surface area contributed by atoms with Gasteiger partial charge in [0.1, 0.15) is 14.4 Å². The Labute approximate surface area is 234 Å². The number of nitrogens with one attached hydrogen (secondary N) is 2. The standard InChI is InChI=1S/C29H29BF3N5O3/c30-23-11-18-9-19(28(41)38(15-29(31,32)33)14-22(18)21-13-34-36-26(21)23)12-25(39)37-7-5-16(6-8-37)20-10-17-3-1-2-4-24(17)35-27(20)40/h1-4,10-11,13,16,19H,5-9,12,14-15,30H2,(H,34,36)(H,35,40)/t19-/m0/s1. The molecule has 2 aliphatic heterocycles. The second-order valence-electron chi connectivity index (χ2n) is 11.2. The summed E-state index contributed by atoms with van der Waals surface area (Å²) in [6.45, 7) is -0.752. The van der Waals surface area contributed by atoms with E-state index in [9.17, 15) is 27.6 Å². The van der Waals surface area contributed by atoms with Gasteiger partial charge >= 0.3 is 6.18 Å². The van der Waals surface area contributed by atoms with E-state index >= 15 is 0 Å². The van der Waals surface area contributed by atoms with Crippen molar-refractivity contribution in [2.45, 2.75) is 44.3 Å². The van der Waals surface area contributed by atoms with Crippen molar-refractivity contribution in [3.8, 4) is 0 Å². The number of benzene rings is 2. The van der Waals surface area contributed by atoms with Gasteiger partial charge in [-0.25, -0.2) is 0 Å². The van der Waals surface area contributed by atoms with Gasteiger partial charge in [-0.1, -0.05) is 29.7 Å². The molecule has 0 radical (unpaired) electrons. The highest BCUT2D eigenvalue weighted by atomic mass is 19.4. The number of amides is 2. The third-order valence-corrected chi connectivity index (χ3v) is 8.47. The van der Waals surface area contributed by atoms with Crippen LogP contribution in [-0.2, 0) is 22.6 Å². The molecule has 1 saturated heterocycles. The average molecular weight is 563 g/mol. The summed E-state index contributed by atoms with van der Waals surface area (Å²) < 4.78 is 40.5. The summed E-state index contributed by atoms with van der Waals surface area (Å²) in [7, 11) is 1.88. The number of likely N-dealkylation sites (tertiary alicyclic amines) is 1. The summed E-state index contributed by atoms with van der Waals surface area (Å²) >= 11 is 0. The second kappa shape index (κ2) is 10.4. The number of halogens is 3. The molecule has 0 saturated carbocycles. The van der Waals surface area contributed by atoms with Crippen molar-refractivity contribution in [3.05, 3.63) is 69.6 Å². The highest BCUT2D eigenvalue weighted by molar-refractivity contribution is 6.38. The third-order valence-electron chi connectivity index (χ3n) is 8.47. The van der Waals surface area contributed by atoms with Gasteiger partial charge in [0.05, 0.1) is 17.6 Å². The quantitative estimate of drug-likeness (QED) is 0.373. The number of H-pyrrole nitrogens is 2. The van der Waals surface area contributed by atoms with Gasteiger partial charge in [0.2, 0.25) is 11.8 Å². The molecule has 1 fully saturated rings. The van der Waals surface area contributed by atoms with E-state index in [0.717, 1.165) is 32.3 Å². The number of carbonyl (C=O) groups excluding carboxylic acids is 2. The molecule has 2 amide bonds. The molecule has 2 aliphatic rings. The summed E-state index contributed by atoms with van der Waals surface area (Å²) in [5.41, 5.74) is 4.33. The van der Waals surface area contributed by atoms with Crippen LogP contribution < -0.4 is 11.0 Å². The van der Waals surface area contributed by atoms with Gasteiger partial charge < -0.3 is 14.8 Å². The normalized spacial score (nSPS) is 18.6. The zero-order chi connectivity index (χ0) is 28.9. The molecule has 2 aromatic carbocycles. The molecule has 0 unspecified atom stereocenters. The first-order valence-corrected chi connectivity index (χ1v) is 13.8. The zero-order valence-electron chi connectivity index (χ0n) is 22.6. The number of aromatic nitrogens is 3. The smallest absolute Gasteiger partial charge is 0.343 e. The fourth-order valence-corrected chi connectivity index (χ4v) is 6.41. The van der Waals surface area contributed by atoms with Gasteiger partial charge in [0.15, 0.2) is 0 Å². The molecule has 4 heterocycles. The van der Waals surface area contributed by atoms with Gasteiger partial charge in [-0.15, -0.1) is 0 Å². The molecule has 6 rings (SSSR count). The van der Waals surface area contributed by atoms with E-state index < -0.39 is 24.5 Å². The highest BCUT2D eigenvalue weighted by Crippen LogP contribution is 2.33. The Kier molecular flexibility index (Phi) is 6.87. The largest absolute Gasteiger partial charge is 0.406 e. The summed E-state index contributed by atoms with van der Waals surface area (Å²) in [6.07, 6.45) is -1.81. The molecule has 2 aromatic heterocycles. The Hall–Kier alpha value is -4.09. The minimum absolute atomic E-state index is 0.0126. The Bertz CT molecular complexity index is 1710. The van der Waals surface area contributed by atoms with Crippen LogP contribution in [0.25, 0.3) is 21.8 Å². The third kappa shape index (κ3) is 5.34. The van der Waals surface area contributed by atoms with Crippen LogP contribution in [0.1, 0.15) is 41.9 Å². The van der Waals surface area contributed by atoms with Crippen molar-refractivity contribution in [1.82, 2.24) is 25.0 Å². The minimum atomic E-state index is -4.57. The van der Waals surface area contributed by atoms with Gasteiger partial charge in [0.25, 0.3) is 5.56 Å². The predicted molar refractivity (Wildman–Crippen MR) is 151 cm³/mol. The van der Waals surface area contributed by atoms with Crippen LogP contribution in [0.4, 0.5) is 13.2 Å². The van der Waals surface area contributed by atoms with Crippen LogP contribution in [-0.4, -0.2) is 70.5 Å². The van der Waals surface area contributed by atoms with E-state index in [1.807, 2.05) is 44.2 Å². The molecule has 12 heteroatoms. The van der Waals surface area contributed by atoms with Gasteiger partial charge in [-0.05, 0) is 53.8 Å². The van der Waals surface area contributed by atoms with E-state index in [-0.39, 0.29) is 36.8 Å². The maximum atomic E-state index is 13.5. The Morgan fingerprint density at radius 3 is 2.63 bits per heavy atom. The number of carbonyl (C=O) groups is 2. The van der Waals surface area contributed by atoms with Crippen LogP contribution >= 0.6 is 0 Å². The molecule has 0 aliphatic carbocycles. The fraction of sp³-hybridized carbons (Fsp3) is 0.379. The van der Waals surface area contributed by atoms with Crippen molar-refractivity contribution in [3.63, 3.8) is 0 Å². The van der Waals surface area contributed by atoms with Crippen LogP contribution in [0.5, 0.6) is 0 Å². The van der Waals surface area contributed by atoms with E-state index in [0.29, 0.717) is 42.4 Å². The van der Waals surface area contributed by atoms with Crippen LogP contribution in [0.3, 0.4) is 0 Å². The van der Waals surface area contributed by atoms with Crippen molar-refractivity contribution in [1.29, 1.82) is 0 Å². The van der Waals surface area contributed by atoms with E-state index in [4.69, 9.17) is 0 Å². The van der Waals surface area contributed by atoms with Gasteiger partial charge in [0, 0.05) is 42.5 Å². The second-order valence-corrected chi connectivity index (χ2v) is 11.2. The number of piperidine rings is 1. The van der Waals surface area contributed by atoms with Crippen molar-refractivity contribution in [2.75, 3.05) is 19.6 Å². The molecular weight excluding hydrogens is 534 g/mol. The van der Waals surface area contributed by atoms with E-state index in [1.54, 1.807) is 11.1 Å². The minimum Gasteiger partial charge on any atom is -0.343 e. The first kappa shape index (κ1) is 27.1. The molecule has 1 atom stereocenters. The fourth-order valence-electron chi connectivity index (χ4n) is 6.41. The lowest BCUT2D eigenvalue weighted by molar-refractivity contribution is -0.165. The topological polar surface area (TPSA) is 102 Å². The molecular formula is C29H29BF3N5O3. The zero-order valence-corrected chi connectivity index (χ0v) is 22.6. The van der Waals surface area contributed by atoms with Crippen LogP contribution in [0, 0.1) is 5.92 Å². The number of pyridine rings is 1. The van der Waals surface area contributed by atoms with Crippen molar-refractivity contribution >= 4 is 46.9 Å². The Morgan fingerprint density at radius 2 is 1.88 bits per heavy atom. The summed E-state index contributed by atoms with van der Waals surface area (Å²) in [5.74, 6) is -1.85. The number of aromatic amines is 2. The molecule has 2 N–H and O–H groups in total. The summed E-state index contributed by atoms with van der Waals surface area (Å²) in [4.78, 5) is 45.0. The first-order valence-electron chi connectivity index (χ1n) is 13.8. The lowest BCUT2D eigenvalue weighted by Gasteiger charge is -2.33. The lowest BCUT2D eigenvalue weighted by Crippen LogP contribution is -2.44. The Balaban J connectivity index is 1.20. The molecule has 0 spiro atoms. The van der Waals surface area contributed by atoms with Crippen LogP contribution in [0.15, 0.2) is 47.4 Å². The maximum absolute atomic E-state index is 13.5. The lowest BCUT2D eigenvalue weighted by atomic mass is 9.85. The predicted octanol–water partition coefficient (Wildman–Crippen LogP) is 2.52. The van der Waals surface area contributed by atoms with Crippen molar-refractivity contribution in [2.24, 2.45) is 5.92 Å². The molecule has 212 valence electrons. The SMILES string of the molecule is Bc1cc2c(c3cn[nH]c13)CN(CC(F)(F)F)C(=O)[C@H](CC(=O)N1CCC(c3cc4ccccc4[nH]c3=O)CC1)C2. The number of para-hydroxylation sites is 1. The van der Waals surface area contributed by atoms with Gasteiger partial charge in [-0.2, -0.15) is 18.3 Å². The molecule has 0 bridgehead atoms. The molecule has 41 heavy (non-hydrogen) atoms. The first-order chi connectivity index (χ1) is 19.6. The van der Waals surface area contributed by atoms with Crippen LogP contribution in [0.2, 0.25) is 0 Å². The van der Waals surface area contributed by atoms with Crippen molar-refractivity contribution < 1.29 is 22.8 Å². The summed E-state index contributed by atoms with van der Waals surface area (Å²) in [6, 6.07) is 11.4. The van der Waals surface area contributed by atoms with E-state index in [2.05, 4.69) is 15.2 Å². The van der Waals surface area contributed by atoms with E-state index in [1.165, 1.54) is 0 Å². The number of fused-ring (bicyclic) bond motifs is 4. The maximum Gasteiger partial charge on any atom is 0.406 e. The average Bonchev–Trinajstić information content (AvgIpc) is 3.39. The highest BCUT2D eigenvalue weighted by Gasteiger charge is 2.39. The Morgan fingerprint density at radius 1 is 1.12 bits per heavy atom. The monoisotopic (exact) mass is 563 g/mol. The summed E-state index contributed by atoms with van der Waals surface area (Å²) in [5, 5.41) is 8.59. The number of hydrogen-bond donors (Lipinski definition) is 2. The van der Waals surface area contributed by atoms with Gasteiger partial charge in [-0.3, -0.25) is 19.5 Å². The number of alkyl halides is 3. The molecule has 8 nitrogen and oxygen atoms in total. The number of nitrogens with zero attached hydrogens (tertiary/aromatic N) is 3. The number of rotatable bonds is 4.